The van der Waals surface area contributed by atoms with Gasteiger partial charge in [-0.3, -0.25) is 0 Å². The van der Waals surface area contributed by atoms with E-state index in [0.29, 0.717) is 11.6 Å². The van der Waals surface area contributed by atoms with Crippen LogP contribution in [0, 0.1) is 0 Å². The number of nitrogens with two attached hydrogens (primary N) is 1. The van der Waals surface area contributed by atoms with E-state index >= 15 is 0 Å². The third kappa shape index (κ3) is 4.92. The third-order valence-electron chi connectivity index (χ3n) is 2.58. The normalized spacial score (nSPS) is 15.3. The van der Waals surface area contributed by atoms with Gasteiger partial charge in [-0.15, -0.1) is 0 Å². The summed E-state index contributed by atoms with van der Waals surface area (Å²) in [6, 6.07) is 4.07. The van der Waals surface area contributed by atoms with Gasteiger partial charge in [-0.25, -0.2) is 13.1 Å². The van der Waals surface area contributed by atoms with Crippen LogP contribution in [0.25, 0.3) is 0 Å². The van der Waals surface area contributed by atoms with Crippen LogP contribution < -0.4 is 10.5 Å². The van der Waals surface area contributed by atoms with Crippen LogP contribution in [0.5, 0.6) is 0 Å². The van der Waals surface area contributed by atoms with E-state index in [4.69, 9.17) is 17.3 Å². The Kier molecular flexibility index (Phi) is 5.39. The molecular weight excluding hydrogens is 302 g/mol. The number of benzene rings is 1. The van der Waals surface area contributed by atoms with E-state index in [2.05, 4.69) is 4.72 Å². The fourth-order valence-electron chi connectivity index (χ4n) is 1.76. The van der Waals surface area contributed by atoms with E-state index < -0.39 is 15.6 Å². The number of rotatable bonds is 6. The molecule has 1 aromatic carbocycles. The fraction of sp³-hybridized carbons (Fsp3) is 0.500. The van der Waals surface area contributed by atoms with Crippen molar-refractivity contribution in [2.45, 2.75) is 17.4 Å². The zero-order valence-corrected chi connectivity index (χ0v) is 13.3. The molecule has 114 valence electrons. The van der Waals surface area contributed by atoms with Crippen LogP contribution in [0.15, 0.2) is 23.1 Å². The van der Waals surface area contributed by atoms with E-state index in [0.717, 1.165) is 0 Å². The summed E-state index contributed by atoms with van der Waals surface area (Å²) in [6.07, 6.45) is 0. The van der Waals surface area contributed by atoms with Crippen molar-refractivity contribution in [1.82, 2.24) is 9.62 Å². The number of nitrogen functional groups attached to an aromatic ring is 1. The molecule has 0 saturated carbocycles. The molecule has 0 fully saturated rings. The highest BCUT2D eigenvalue weighted by Gasteiger charge is 2.25. The second-order valence-corrected chi connectivity index (χ2v) is 7.42. The van der Waals surface area contributed by atoms with Crippen LogP contribution >= 0.6 is 11.6 Å². The number of hydrogen-bond donors (Lipinski definition) is 3. The summed E-state index contributed by atoms with van der Waals surface area (Å²) in [5.41, 5.74) is 4.60. The third-order valence-corrected chi connectivity index (χ3v) is 4.32. The van der Waals surface area contributed by atoms with Crippen LogP contribution in [0.1, 0.15) is 6.92 Å². The summed E-state index contributed by atoms with van der Waals surface area (Å²) in [4.78, 5) is 1.79. The highest BCUT2D eigenvalue weighted by atomic mass is 35.5. The first-order valence-electron chi connectivity index (χ1n) is 5.95. The van der Waals surface area contributed by atoms with Crippen molar-refractivity contribution in [2.24, 2.45) is 0 Å². The van der Waals surface area contributed by atoms with E-state index in [9.17, 15) is 13.5 Å². The number of hydrogen-bond acceptors (Lipinski definition) is 5. The van der Waals surface area contributed by atoms with Gasteiger partial charge in [0.05, 0.1) is 21.2 Å². The lowest BCUT2D eigenvalue weighted by atomic mass is 10.1. The van der Waals surface area contributed by atoms with Gasteiger partial charge >= 0.3 is 0 Å². The number of anilines is 1. The molecule has 0 radical (unpaired) electrons. The molecule has 4 N–H and O–H groups in total. The van der Waals surface area contributed by atoms with Crippen molar-refractivity contribution in [2.75, 3.05) is 32.9 Å². The van der Waals surface area contributed by atoms with E-state index in [1.165, 1.54) is 18.2 Å². The molecular formula is C12H20ClN3O3S. The van der Waals surface area contributed by atoms with Gasteiger partial charge in [0.1, 0.15) is 0 Å². The van der Waals surface area contributed by atoms with Gasteiger partial charge in [0.15, 0.2) is 0 Å². The molecule has 0 heterocycles. The highest BCUT2D eigenvalue weighted by Crippen LogP contribution is 2.22. The van der Waals surface area contributed by atoms with Crippen LogP contribution in [-0.2, 0) is 10.0 Å². The Hall–Kier alpha value is -0.860. The lowest BCUT2D eigenvalue weighted by Crippen LogP contribution is -2.47. The Bertz CT molecular complexity index is 573. The first-order chi connectivity index (χ1) is 9.03. The van der Waals surface area contributed by atoms with Crippen molar-refractivity contribution >= 4 is 27.3 Å². The number of likely N-dealkylation sites (N-methyl/N-ethyl adjacent to an activating group) is 1. The zero-order chi connectivity index (χ0) is 15.6. The maximum atomic E-state index is 12.1. The van der Waals surface area contributed by atoms with Gasteiger partial charge in [0.2, 0.25) is 10.0 Å². The Labute approximate surface area is 124 Å². The Morgan fingerprint density at radius 2 is 2.05 bits per heavy atom. The van der Waals surface area contributed by atoms with Gasteiger partial charge in [0.25, 0.3) is 0 Å². The van der Waals surface area contributed by atoms with Crippen molar-refractivity contribution in [1.29, 1.82) is 0 Å². The molecule has 1 unspecified atom stereocenters. The SMILES string of the molecule is CN(C)CC(C)(O)CNS(=O)(=O)c1ccc(Cl)c(N)c1. The summed E-state index contributed by atoms with van der Waals surface area (Å²) in [6.45, 7) is 1.79. The number of halogens is 1. The van der Waals surface area contributed by atoms with Crippen LogP contribution in [0.2, 0.25) is 5.02 Å². The molecule has 0 aromatic heterocycles. The summed E-state index contributed by atoms with van der Waals surface area (Å²) in [5.74, 6) is 0. The predicted molar refractivity (Wildman–Crippen MR) is 80.2 cm³/mol. The molecule has 0 aliphatic heterocycles. The fourth-order valence-corrected chi connectivity index (χ4v) is 3.07. The minimum Gasteiger partial charge on any atom is -0.397 e. The molecule has 0 aliphatic rings. The topological polar surface area (TPSA) is 95.7 Å². The highest BCUT2D eigenvalue weighted by molar-refractivity contribution is 7.89. The lowest BCUT2D eigenvalue weighted by Gasteiger charge is -2.27. The van der Waals surface area contributed by atoms with Gasteiger partial charge in [0, 0.05) is 13.1 Å². The number of aliphatic hydroxyl groups is 1. The molecule has 1 aromatic rings. The molecule has 8 heteroatoms. The van der Waals surface area contributed by atoms with Crippen LogP contribution in [0.3, 0.4) is 0 Å². The summed E-state index contributed by atoms with van der Waals surface area (Å²) < 4.78 is 26.6. The van der Waals surface area contributed by atoms with Crippen LogP contribution in [0.4, 0.5) is 5.69 Å². The van der Waals surface area contributed by atoms with Gasteiger partial charge in [-0.2, -0.15) is 0 Å². The Morgan fingerprint density at radius 3 is 2.55 bits per heavy atom. The van der Waals surface area contributed by atoms with E-state index in [1.54, 1.807) is 25.9 Å². The molecule has 0 aliphatic carbocycles. The molecule has 1 atom stereocenters. The summed E-state index contributed by atoms with van der Waals surface area (Å²) in [7, 11) is -0.147. The van der Waals surface area contributed by atoms with Crippen LogP contribution in [-0.4, -0.2) is 51.2 Å². The standard InChI is InChI=1S/C12H20ClN3O3S/c1-12(17,8-16(2)3)7-15-20(18,19)9-4-5-10(13)11(14)6-9/h4-6,15,17H,7-8,14H2,1-3H3. The van der Waals surface area contributed by atoms with Gasteiger partial charge < -0.3 is 15.7 Å². The molecule has 1 rings (SSSR count). The maximum Gasteiger partial charge on any atom is 0.240 e. The number of sulfonamides is 1. The molecule has 0 amide bonds. The first kappa shape index (κ1) is 17.2. The average Bonchev–Trinajstić information content (AvgIpc) is 2.29. The summed E-state index contributed by atoms with van der Waals surface area (Å²) >= 11 is 5.75. The van der Waals surface area contributed by atoms with Gasteiger partial charge in [-0.05, 0) is 39.2 Å². The Balaban J connectivity index is 2.82. The number of nitrogens with one attached hydrogen (secondary N) is 1. The van der Waals surface area contributed by atoms with E-state index in [1.807, 2.05) is 0 Å². The average molecular weight is 322 g/mol. The molecule has 0 spiro atoms. The van der Waals surface area contributed by atoms with Crippen molar-refractivity contribution in [3.8, 4) is 0 Å². The molecule has 6 nitrogen and oxygen atoms in total. The number of nitrogens with zero attached hydrogens (tertiary/aromatic N) is 1. The van der Waals surface area contributed by atoms with Crippen molar-refractivity contribution < 1.29 is 13.5 Å². The zero-order valence-electron chi connectivity index (χ0n) is 11.7. The van der Waals surface area contributed by atoms with Crippen molar-refractivity contribution in [3.63, 3.8) is 0 Å². The summed E-state index contributed by atoms with van der Waals surface area (Å²) in [5, 5.41) is 10.4. The lowest BCUT2D eigenvalue weighted by molar-refractivity contribution is 0.0386. The minimum atomic E-state index is -3.74. The first-order valence-corrected chi connectivity index (χ1v) is 7.81. The monoisotopic (exact) mass is 321 g/mol. The maximum absolute atomic E-state index is 12.1. The smallest absolute Gasteiger partial charge is 0.240 e. The second kappa shape index (κ2) is 6.28. The second-order valence-electron chi connectivity index (χ2n) is 5.24. The van der Waals surface area contributed by atoms with Gasteiger partial charge in [-0.1, -0.05) is 11.6 Å². The largest absolute Gasteiger partial charge is 0.397 e. The molecule has 0 saturated heterocycles. The Morgan fingerprint density at radius 1 is 1.45 bits per heavy atom. The molecule has 0 bridgehead atoms. The van der Waals surface area contributed by atoms with E-state index in [-0.39, 0.29) is 17.1 Å². The minimum absolute atomic E-state index is 0.0139. The molecule has 20 heavy (non-hydrogen) atoms. The predicted octanol–water partition coefficient (Wildman–Crippen LogP) is 0.513. The van der Waals surface area contributed by atoms with Crippen molar-refractivity contribution in [3.05, 3.63) is 23.2 Å². The quantitative estimate of drug-likeness (QED) is 0.664.